The van der Waals surface area contributed by atoms with Crippen LogP contribution in [-0.4, -0.2) is 17.9 Å². The van der Waals surface area contributed by atoms with Crippen LogP contribution in [-0.2, 0) is 6.54 Å². The van der Waals surface area contributed by atoms with Gasteiger partial charge in [-0.15, -0.1) is 0 Å². The Morgan fingerprint density at radius 3 is 2.43 bits per heavy atom. The highest BCUT2D eigenvalue weighted by Gasteiger charge is 2.15. The number of carbonyl (C=O) groups excluding carboxylic acids is 1. The van der Waals surface area contributed by atoms with Crippen molar-refractivity contribution in [3.63, 3.8) is 0 Å². The van der Waals surface area contributed by atoms with Gasteiger partial charge in [-0.1, -0.05) is 23.8 Å². The molecule has 0 aliphatic heterocycles. The van der Waals surface area contributed by atoms with E-state index in [4.69, 9.17) is 11.5 Å². The first-order chi connectivity index (χ1) is 9.88. The molecular weight excluding hydrogens is 262 g/mol. The van der Waals surface area contributed by atoms with Gasteiger partial charge in [0.25, 0.3) is 5.91 Å². The summed E-state index contributed by atoms with van der Waals surface area (Å²) >= 11 is 0. The number of benzene rings is 2. The molecule has 0 atom stereocenters. The summed E-state index contributed by atoms with van der Waals surface area (Å²) in [6.45, 7) is 4.66. The lowest BCUT2D eigenvalue weighted by Gasteiger charge is -2.20. The van der Waals surface area contributed by atoms with E-state index in [1.807, 2.05) is 0 Å². The van der Waals surface area contributed by atoms with Gasteiger partial charge in [-0.3, -0.25) is 4.79 Å². The second-order valence-electron chi connectivity index (χ2n) is 5.44. The van der Waals surface area contributed by atoms with Crippen LogP contribution in [0.15, 0.2) is 36.4 Å². The van der Waals surface area contributed by atoms with Gasteiger partial charge in [0.15, 0.2) is 0 Å². The highest BCUT2D eigenvalue weighted by atomic mass is 16.2. The molecule has 4 heteroatoms. The van der Waals surface area contributed by atoms with E-state index < -0.39 is 0 Å². The van der Waals surface area contributed by atoms with Gasteiger partial charge in [0.05, 0.1) is 5.56 Å². The quantitative estimate of drug-likeness (QED) is 0.851. The summed E-state index contributed by atoms with van der Waals surface area (Å²) in [5.41, 5.74) is 16.5. The molecule has 110 valence electrons. The van der Waals surface area contributed by atoms with Crippen LogP contribution in [0.2, 0.25) is 0 Å². The molecule has 0 fully saturated rings. The van der Waals surface area contributed by atoms with E-state index in [2.05, 4.69) is 32.0 Å². The molecule has 2 rings (SSSR count). The molecule has 0 aliphatic carbocycles. The summed E-state index contributed by atoms with van der Waals surface area (Å²) in [6, 6.07) is 11.2. The number of carbonyl (C=O) groups is 1. The van der Waals surface area contributed by atoms with E-state index in [9.17, 15) is 4.79 Å². The molecule has 4 nitrogen and oxygen atoms in total. The highest BCUT2D eigenvalue weighted by molar-refractivity contribution is 5.99. The normalized spacial score (nSPS) is 10.4. The van der Waals surface area contributed by atoms with Gasteiger partial charge in [0, 0.05) is 25.0 Å². The second kappa shape index (κ2) is 5.87. The lowest BCUT2D eigenvalue weighted by atomic mass is 10.0. The number of rotatable bonds is 3. The smallest absolute Gasteiger partial charge is 0.255 e. The van der Waals surface area contributed by atoms with Crippen LogP contribution in [0.1, 0.15) is 27.0 Å². The van der Waals surface area contributed by atoms with Gasteiger partial charge in [0.2, 0.25) is 0 Å². The van der Waals surface area contributed by atoms with Crippen LogP contribution < -0.4 is 11.5 Å². The van der Waals surface area contributed by atoms with E-state index in [0.29, 0.717) is 23.5 Å². The van der Waals surface area contributed by atoms with Crippen molar-refractivity contribution in [2.75, 3.05) is 18.5 Å². The zero-order valence-electron chi connectivity index (χ0n) is 12.7. The van der Waals surface area contributed by atoms with Crippen LogP contribution in [0.4, 0.5) is 11.4 Å². The van der Waals surface area contributed by atoms with Gasteiger partial charge in [-0.2, -0.15) is 0 Å². The Morgan fingerprint density at radius 2 is 1.81 bits per heavy atom. The molecule has 2 aromatic carbocycles. The number of anilines is 2. The first-order valence-electron chi connectivity index (χ1n) is 6.85. The molecule has 0 heterocycles. The van der Waals surface area contributed by atoms with Crippen molar-refractivity contribution in [3.8, 4) is 0 Å². The molecule has 0 saturated heterocycles. The average molecular weight is 283 g/mol. The van der Waals surface area contributed by atoms with Crippen molar-refractivity contribution < 1.29 is 4.79 Å². The monoisotopic (exact) mass is 283 g/mol. The minimum absolute atomic E-state index is 0.104. The van der Waals surface area contributed by atoms with Crippen molar-refractivity contribution in [2.45, 2.75) is 20.4 Å². The van der Waals surface area contributed by atoms with E-state index in [1.165, 1.54) is 11.1 Å². The van der Waals surface area contributed by atoms with E-state index in [1.54, 1.807) is 30.1 Å². The van der Waals surface area contributed by atoms with Crippen molar-refractivity contribution in [2.24, 2.45) is 0 Å². The van der Waals surface area contributed by atoms with E-state index in [-0.39, 0.29) is 5.91 Å². The lowest BCUT2D eigenvalue weighted by molar-refractivity contribution is 0.0786. The first-order valence-corrected chi connectivity index (χ1v) is 6.85. The van der Waals surface area contributed by atoms with Crippen molar-refractivity contribution in [1.82, 2.24) is 4.90 Å². The predicted molar refractivity (Wildman–Crippen MR) is 87.0 cm³/mol. The number of aryl methyl sites for hydroxylation is 2. The van der Waals surface area contributed by atoms with Crippen LogP contribution in [0, 0.1) is 13.8 Å². The number of hydrogen-bond donors (Lipinski definition) is 2. The Morgan fingerprint density at radius 1 is 1.10 bits per heavy atom. The molecule has 1 amide bonds. The molecule has 0 aromatic heterocycles. The summed E-state index contributed by atoms with van der Waals surface area (Å²) < 4.78 is 0. The van der Waals surface area contributed by atoms with Gasteiger partial charge in [-0.25, -0.2) is 0 Å². The zero-order valence-corrected chi connectivity index (χ0v) is 12.7. The Kier molecular flexibility index (Phi) is 4.17. The van der Waals surface area contributed by atoms with Crippen molar-refractivity contribution >= 4 is 17.3 Å². The fourth-order valence-electron chi connectivity index (χ4n) is 2.33. The molecular formula is C17H21N3O. The standard InChI is InChI=1S/C17H21N3O/c1-11-4-5-13(12(2)8-11)10-20(3)17(21)15-7-6-14(18)9-16(15)19/h4-9H,10,18-19H2,1-3H3. The lowest BCUT2D eigenvalue weighted by Crippen LogP contribution is -2.27. The van der Waals surface area contributed by atoms with Gasteiger partial charge < -0.3 is 16.4 Å². The Bertz CT molecular complexity index is 680. The van der Waals surface area contributed by atoms with Gasteiger partial charge in [-0.05, 0) is 43.2 Å². The Hall–Kier alpha value is -2.49. The SMILES string of the molecule is Cc1ccc(CN(C)C(=O)c2ccc(N)cc2N)c(C)c1. The van der Waals surface area contributed by atoms with E-state index >= 15 is 0 Å². The highest BCUT2D eigenvalue weighted by Crippen LogP contribution is 2.19. The number of nitrogens with zero attached hydrogens (tertiary/aromatic N) is 1. The third-order valence-electron chi connectivity index (χ3n) is 3.56. The number of nitrogen functional groups attached to an aromatic ring is 2. The Balaban J connectivity index is 2.19. The molecule has 21 heavy (non-hydrogen) atoms. The maximum atomic E-state index is 12.5. The number of amides is 1. The third kappa shape index (κ3) is 3.34. The van der Waals surface area contributed by atoms with Gasteiger partial charge >= 0.3 is 0 Å². The summed E-state index contributed by atoms with van der Waals surface area (Å²) in [6.07, 6.45) is 0. The predicted octanol–water partition coefficient (Wildman–Crippen LogP) is 2.74. The molecule has 0 unspecified atom stereocenters. The summed E-state index contributed by atoms with van der Waals surface area (Å²) in [5, 5.41) is 0. The molecule has 0 spiro atoms. The zero-order chi connectivity index (χ0) is 15.6. The van der Waals surface area contributed by atoms with Crippen LogP contribution in [0.5, 0.6) is 0 Å². The first kappa shape index (κ1) is 14.9. The molecule has 0 saturated carbocycles. The van der Waals surface area contributed by atoms with Crippen LogP contribution in [0.3, 0.4) is 0 Å². The minimum atomic E-state index is -0.104. The fraction of sp³-hybridized carbons (Fsp3) is 0.235. The maximum Gasteiger partial charge on any atom is 0.255 e. The molecule has 0 aliphatic rings. The van der Waals surface area contributed by atoms with Crippen molar-refractivity contribution in [1.29, 1.82) is 0 Å². The molecule has 2 aromatic rings. The van der Waals surface area contributed by atoms with Crippen LogP contribution in [0.25, 0.3) is 0 Å². The number of nitrogens with two attached hydrogens (primary N) is 2. The summed E-state index contributed by atoms with van der Waals surface area (Å²) in [5.74, 6) is -0.104. The average Bonchev–Trinajstić information content (AvgIpc) is 2.41. The van der Waals surface area contributed by atoms with Crippen LogP contribution >= 0.6 is 0 Å². The second-order valence-corrected chi connectivity index (χ2v) is 5.44. The molecule has 0 bridgehead atoms. The minimum Gasteiger partial charge on any atom is -0.399 e. The largest absolute Gasteiger partial charge is 0.399 e. The van der Waals surface area contributed by atoms with Gasteiger partial charge in [0.1, 0.15) is 0 Å². The van der Waals surface area contributed by atoms with E-state index in [0.717, 1.165) is 5.56 Å². The summed E-state index contributed by atoms with van der Waals surface area (Å²) in [7, 11) is 1.78. The summed E-state index contributed by atoms with van der Waals surface area (Å²) in [4.78, 5) is 14.1. The van der Waals surface area contributed by atoms with Crippen molar-refractivity contribution in [3.05, 3.63) is 58.7 Å². The maximum absolute atomic E-state index is 12.5. The molecule has 0 radical (unpaired) electrons. The Labute approximate surface area is 125 Å². The molecule has 4 N–H and O–H groups in total. The fourth-order valence-corrected chi connectivity index (χ4v) is 2.33. The topological polar surface area (TPSA) is 72.3 Å². The number of hydrogen-bond acceptors (Lipinski definition) is 3. The third-order valence-corrected chi connectivity index (χ3v) is 3.56.